The summed E-state index contributed by atoms with van der Waals surface area (Å²) < 4.78 is 6.28. The molecule has 32 heavy (non-hydrogen) atoms. The molecule has 0 aliphatic carbocycles. The van der Waals surface area contributed by atoms with Gasteiger partial charge in [0.2, 0.25) is 5.91 Å². The zero-order valence-corrected chi connectivity index (χ0v) is 19.6. The zero-order chi connectivity index (χ0) is 21.8. The number of likely N-dealkylation sites (tertiary alicyclic amines) is 1. The molecule has 4 rings (SSSR count). The van der Waals surface area contributed by atoms with Crippen LogP contribution in [0, 0.1) is 0 Å². The summed E-state index contributed by atoms with van der Waals surface area (Å²) in [4.78, 5) is 28.4. The summed E-state index contributed by atoms with van der Waals surface area (Å²) in [5.74, 6) is -0.0125. The predicted molar refractivity (Wildman–Crippen MR) is 129 cm³/mol. The summed E-state index contributed by atoms with van der Waals surface area (Å²) in [6.45, 7) is 6.89. The monoisotopic (exact) mass is 457 g/mol. The number of nitrogens with zero attached hydrogens (tertiary/aromatic N) is 2. The van der Waals surface area contributed by atoms with Crippen LogP contribution in [0.5, 0.6) is 0 Å². The summed E-state index contributed by atoms with van der Waals surface area (Å²) in [5, 5.41) is 2.85. The average molecular weight is 458 g/mol. The lowest BCUT2D eigenvalue weighted by molar-refractivity contribution is -0.161. The molecule has 0 saturated carbocycles. The lowest BCUT2D eigenvalue weighted by atomic mass is 9.88. The van der Waals surface area contributed by atoms with Crippen molar-refractivity contribution in [2.45, 2.75) is 44.8 Å². The number of carbonyl (C=O) groups excluding carboxylic acids is 2. The van der Waals surface area contributed by atoms with Crippen LogP contribution in [0.3, 0.4) is 0 Å². The van der Waals surface area contributed by atoms with Crippen molar-refractivity contribution in [3.8, 4) is 0 Å². The number of rotatable bonds is 5. The van der Waals surface area contributed by atoms with Crippen molar-refractivity contribution in [2.24, 2.45) is 0 Å². The number of benzene rings is 2. The SMILES string of the molecule is CC(=O)Nc1cccc(CCN2CCC3(CC2)CN(c2ccccc2)C(=O)[C@@H](C)O3)c1.Cl. The van der Waals surface area contributed by atoms with Crippen LogP contribution in [0.15, 0.2) is 54.6 Å². The number of morpholine rings is 1. The summed E-state index contributed by atoms with van der Waals surface area (Å²) in [5.41, 5.74) is 2.74. The first-order valence-corrected chi connectivity index (χ1v) is 11.1. The Morgan fingerprint density at radius 3 is 2.53 bits per heavy atom. The minimum absolute atomic E-state index is 0. The first kappa shape index (κ1) is 24.2. The number of hydrogen-bond acceptors (Lipinski definition) is 4. The van der Waals surface area contributed by atoms with Crippen LogP contribution >= 0.6 is 12.4 Å². The second-order valence-corrected chi connectivity index (χ2v) is 8.68. The third kappa shape index (κ3) is 5.68. The van der Waals surface area contributed by atoms with Gasteiger partial charge >= 0.3 is 0 Å². The lowest BCUT2D eigenvalue weighted by Crippen LogP contribution is -2.61. The van der Waals surface area contributed by atoms with E-state index >= 15 is 0 Å². The van der Waals surface area contributed by atoms with E-state index in [0.29, 0.717) is 6.54 Å². The molecule has 2 fully saturated rings. The van der Waals surface area contributed by atoms with Crippen LogP contribution in [0.1, 0.15) is 32.3 Å². The van der Waals surface area contributed by atoms with Crippen LogP contribution in [-0.2, 0) is 20.7 Å². The Morgan fingerprint density at radius 1 is 1.12 bits per heavy atom. The van der Waals surface area contributed by atoms with Crippen molar-refractivity contribution in [1.29, 1.82) is 0 Å². The molecule has 0 radical (unpaired) electrons. The number of ether oxygens (including phenoxy) is 1. The normalized spacial score (nSPS) is 20.6. The second kappa shape index (κ2) is 10.5. The Balaban J connectivity index is 0.00000289. The summed E-state index contributed by atoms with van der Waals surface area (Å²) >= 11 is 0. The van der Waals surface area contributed by atoms with Crippen molar-refractivity contribution in [1.82, 2.24) is 4.90 Å². The van der Waals surface area contributed by atoms with Crippen LogP contribution in [-0.4, -0.2) is 54.6 Å². The number of hydrogen-bond donors (Lipinski definition) is 1. The molecule has 0 aromatic heterocycles. The minimum atomic E-state index is -0.419. The van der Waals surface area contributed by atoms with E-state index in [9.17, 15) is 9.59 Å². The third-order valence-electron chi connectivity index (χ3n) is 6.29. The molecule has 0 bridgehead atoms. The molecule has 2 amide bonds. The molecule has 1 N–H and O–H groups in total. The molecule has 2 aromatic rings. The molecule has 2 aliphatic rings. The van der Waals surface area contributed by atoms with Crippen LogP contribution in [0.4, 0.5) is 11.4 Å². The Kier molecular flexibility index (Phi) is 7.93. The molecule has 2 aromatic carbocycles. The van der Waals surface area contributed by atoms with E-state index in [0.717, 1.165) is 50.3 Å². The first-order chi connectivity index (χ1) is 14.9. The van der Waals surface area contributed by atoms with Crippen molar-refractivity contribution >= 4 is 35.6 Å². The van der Waals surface area contributed by atoms with Gasteiger partial charge in [-0.05, 0) is 56.0 Å². The fourth-order valence-electron chi connectivity index (χ4n) is 4.63. The minimum Gasteiger partial charge on any atom is -0.360 e. The van der Waals surface area contributed by atoms with E-state index in [1.165, 1.54) is 12.5 Å². The van der Waals surface area contributed by atoms with Crippen molar-refractivity contribution in [2.75, 3.05) is 36.4 Å². The molecule has 2 aliphatic heterocycles. The van der Waals surface area contributed by atoms with Gasteiger partial charge in [0.15, 0.2) is 0 Å². The second-order valence-electron chi connectivity index (χ2n) is 8.68. The Labute approximate surface area is 196 Å². The molecule has 0 unspecified atom stereocenters. The molecular formula is C25H32ClN3O3. The number of anilines is 2. The highest BCUT2D eigenvalue weighted by molar-refractivity contribution is 5.97. The quantitative estimate of drug-likeness (QED) is 0.739. The number of nitrogens with one attached hydrogen (secondary N) is 1. The van der Waals surface area contributed by atoms with E-state index in [1.54, 1.807) is 0 Å². The highest BCUT2D eigenvalue weighted by atomic mass is 35.5. The van der Waals surface area contributed by atoms with Crippen LogP contribution in [0.2, 0.25) is 0 Å². The van der Waals surface area contributed by atoms with Crippen molar-refractivity contribution in [3.63, 3.8) is 0 Å². The van der Waals surface area contributed by atoms with Gasteiger partial charge in [-0.3, -0.25) is 9.59 Å². The van der Waals surface area contributed by atoms with Gasteiger partial charge in [-0.15, -0.1) is 12.4 Å². The molecule has 1 atom stereocenters. The van der Waals surface area contributed by atoms with E-state index in [4.69, 9.17) is 4.74 Å². The number of halogens is 1. The van der Waals surface area contributed by atoms with Gasteiger partial charge in [-0.1, -0.05) is 30.3 Å². The number of amides is 2. The summed E-state index contributed by atoms with van der Waals surface area (Å²) in [7, 11) is 0. The van der Waals surface area contributed by atoms with Crippen LogP contribution in [0.25, 0.3) is 0 Å². The largest absolute Gasteiger partial charge is 0.360 e. The smallest absolute Gasteiger partial charge is 0.255 e. The van der Waals surface area contributed by atoms with Gasteiger partial charge in [0, 0.05) is 37.9 Å². The highest BCUT2D eigenvalue weighted by Crippen LogP contribution is 2.35. The van der Waals surface area contributed by atoms with Crippen LogP contribution < -0.4 is 10.2 Å². The summed E-state index contributed by atoms with van der Waals surface area (Å²) in [6.07, 6.45) is 2.35. The van der Waals surface area contributed by atoms with Gasteiger partial charge in [0.1, 0.15) is 6.10 Å². The van der Waals surface area contributed by atoms with E-state index in [2.05, 4.69) is 16.3 Å². The maximum Gasteiger partial charge on any atom is 0.255 e. The van der Waals surface area contributed by atoms with Gasteiger partial charge in [-0.2, -0.15) is 0 Å². The van der Waals surface area contributed by atoms with Gasteiger partial charge in [0.05, 0.1) is 12.1 Å². The average Bonchev–Trinajstić information content (AvgIpc) is 2.76. The molecule has 2 heterocycles. The number of para-hydroxylation sites is 1. The van der Waals surface area contributed by atoms with E-state index in [-0.39, 0.29) is 29.8 Å². The Bertz CT molecular complexity index is 929. The van der Waals surface area contributed by atoms with Gasteiger partial charge in [-0.25, -0.2) is 0 Å². The zero-order valence-electron chi connectivity index (χ0n) is 18.8. The molecule has 7 heteroatoms. The van der Waals surface area contributed by atoms with Crippen molar-refractivity contribution in [3.05, 3.63) is 60.2 Å². The van der Waals surface area contributed by atoms with E-state index < -0.39 is 6.10 Å². The van der Waals surface area contributed by atoms with E-state index in [1.807, 2.05) is 60.4 Å². The highest BCUT2D eigenvalue weighted by Gasteiger charge is 2.45. The van der Waals surface area contributed by atoms with Gasteiger partial charge < -0.3 is 19.9 Å². The fourth-order valence-corrected chi connectivity index (χ4v) is 4.63. The maximum atomic E-state index is 12.7. The standard InChI is InChI=1S/C25H31N3O3.ClH/c1-19-24(30)28(23-9-4-3-5-10-23)18-25(31-19)12-15-27(16-13-25)14-11-21-7-6-8-22(17-21)26-20(2)29;/h3-10,17,19H,11-16,18H2,1-2H3,(H,26,29);1H/t19-;/m1./s1. The topological polar surface area (TPSA) is 61.9 Å². The predicted octanol–water partition coefficient (Wildman–Crippen LogP) is 3.90. The first-order valence-electron chi connectivity index (χ1n) is 11.1. The molecular weight excluding hydrogens is 426 g/mol. The Hall–Kier alpha value is -2.41. The fraction of sp³-hybridized carbons (Fsp3) is 0.440. The Morgan fingerprint density at radius 2 is 1.84 bits per heavy atom. The lowest BCUT2D eigenvalue weighted by Gasteiger charge is -2.49. The molecule has 2 saturated heterocycles. The number of carbonyl (C=O) groups is 2. The maximum absolute atomic E-state index is 12.7. The number of piperidine rings is 1. The van der Waals surface area contributed by atoms with Gasteiger partial charge in [0.25, 0.3) is 5.91 Å². The molecule has 172 valence electrons. The third-order valence-corrected chi connectivity index (χ3v) is 6.29. The summed E-state index contributed by atoms with van der Waals surface area (Å²) in [6, 6.07) is 17.9. The molecule has 6 nitrogen and oxygen atoms in total. The van der Waals surface area contributed by atoms with Crippen molar-refractivity contribution < 1.29 is 14.3 Å². The molecule has 1 spiro atoms.